The molecule has 0 radical (unpaired) electrons. The van der Waals surface area contributed by atoms with Crippen LogP contribution in [0.4, 0.5) is 5.82 Å². The van der Waals surface area contributed by atoms with E-state index >= 15 is 0 Å². The molecule has 10 heteroatoms. The number of anilines is 1. The third-order valence-electron chi connectivity index (χ3n) is 5.73. The van der Waals surface area contributed by atoms with Crippen LogP contribution in [0.25, 0.3) is 11.7 Å². The van der Waals surface area contributed by atoms with Gasteiger partial charge in [-0.15, -0.1) is 0 Å². The van der Waals surface area contributed by atoms with Crippen LogP contribution >= 0.6 is 24.0 Å². The molecule has 0 spiro atoms. The van der Waals surface area contributed by atoms with Gasteiger partial charge in [-0.1, -0.05) is 42.2 Å². The molecule has 1 amide bonds. The maximum absolute atomic E-state index is 13.5. The number of carbonyl (C=O) groups excluding carboxylic acids is 1. The second kappa shape index (κ2) is 11.7. The van der Waals surface area contributed by atoms with E-state index in [-0.39, 0.29) is 11.5 Å². The molecule has 0 aliphatic carbocycles. The number of methoxy groups -OCH3 is 1. The number of nitrogens with zero attached hydrogens (tertiary/aromatic N) is 3. The maximum Gasteiger partial charge on any atom is 0.267 e. The minimum absolute atomic E-state index is 0.212. The number of rotatable bonds is 10. The Labute approximate surface area is 219 Å². The van der Waals surface area contributed by atoms with E-state index in [0.29, 0.717) is 59.0 Å². The molecule has 4 rings (SSSR count). The van der Waals surface area contributed by atoms with E-state index in [9.17, 15) is 9.59 Å². The molecule has 3 heterocycles. The highest BCUT2D eigenvalue weighted by molar-refractivity contribution is 8.26. The molecule has 1 aromatic carbocycles. The smallest absolute Gasteiger partial charge is 0.267 e. The Morgan fingerprint density at radius 1 is 1.19 bits per heavy atom. The number of carbonyl (C=O) groups is 1. The summed E-state index contributed by atoms with van der Waals surface area (Å²) in [5.74, 6) is 0.962. The number of nitrogens with one attached hydrogen (secondary N) is 1. The molecule has 1 aliphatic rings. The van der Waals surface area contributed by atoms with Gasteiger partial charge in [-0.25, -0.2) is 4.98 Å². The van der Waals surface area contributed by atoms with Gasteiger partial charge in [0.2, 0.25) is 0 Å². The van der Waals surface area contributed by atoms with Crippen molar-refractivity contribution in [3.8, 4) is 5.75 Å². The van der Waals surface area contributed by atoms with Gasteiger partial charge >= 0.3 is 0 Å². The summed E-state index contributed by atoms with van der Waals surface area (Å²) in [6, 6.07) is 11.3. The summed E-state index contributed by atoms with van der Waals surface area (Å²) in [7, 11) is 1.62. The van der Waals surface area contributed by atoms with Gasteiger partial charge in [0, 0.05) is 32.5 Å². The molecule has 0 saturated carbocycles. The van der Waals surface area contributed by atoms with Gasteiger partial charge in [0.1, 0.15) is 21.5 Å². The second-order valence-electron chi connectivity index (χ2n) is 8.15. The molecule has 8 nitrogen and oxygen atoms in total. The maximum atomic E-state index is 13.5. The first-order valence-electron chi connectivity index (χ1n) is 11.6. The van der Waals surface area contributed by atoms with Crippen LogP contribution in [0.5, 0.6) is 5.75 Å². The minimum Gasteiger partial charge on any atom is -0.497 e. The first-order valence-corrected chi connectivity index (χ1v) is 12.9. The van der Waals surface area contributed by atoms with Crippen molar-refractivity contribution in [2.24, 2.45) is 0 Å². The SMILES string of the molecule is CCOCCCN1C(=O)C(=Cc2c(NCc3ccc(OC)cc3)nc3c(C)cccn3c2=O)SC1=S. The van der Waals surface area contributed by atoms with Crippen molar-refractivity contribution in [1.82, 2.24) is 14.3 Å². The fourth-order valence-electron chi connectivity index (χ4n) is 3.80. The third kappa shape index (κ3) is 5.61. The number of aromatic nitrogens is 2. The highest BCUT2D eigenvalue weighted by Gasteiger charge is 2.32. The monoisotopic (exact) mass is 524 g/mol. The third-order valence-corrected chi connectivity index (χ3v) is 7.10. The number of benzene rings is 1. The van der Waals surface area contributed by atoms with E-state index in [0.717, 1.165) is 16.9 Å². The van der Waals surface area contributed by atoms with E-state index < -0.39 is 0 Å². The predicted octanol–water partition coefficient (Wildman–Crippen LogP) is 4.25. The molecule has 1 N–H and O–H groups in total. The Morgan fingerprint density at radius 3 is 2.69 bits per heavy atom. The molecule has 36 heavy (non-hydrogen) atoms. The molecule has 2 aromatic heterocycles. The molecule has 1 fully saturated rings. The van der Waals surface area contributed by atoms with E-state index in [1.165, 1.54) is 16.2 Å². The molecule has 0 unspecified atom stereocenters. The van der Waals surface area contributed by atoms with E-state index in [2.05, 4.69) is 5.32 Å². The van der Waals surface area contributed by atoms with E-state index in [1.807, 2.05) is 44.2 Å². The number of aryl methyl sites for hydroxylation is 1. The fourth-order valence-corrected chi connectivity index (χ4v) is 5.09. The zero-order valence-corrected chi connectivity index (χ0v) is 22.1. The van der Waals surface area contributed by atoms with Crippen molar-refractivity contribution < 1.29 is 14.3 Å². The summed E-state index contributed by atoms with van der Waals surface area (Å²) in [6.45, 7) is 5.93. The van der Waals surface area contributed by atoms with Gasteiger partial charge in [0.05, 0.1) is 17.6 Å². The van der Waals surface area contributed by atoms with E-state index in [4.69, 9.17) is 26.7 Å². The first kappa shape index (κ1) is 25.9. The standard InChI is InChI=1S/C26H28N4O4S2/c1-4-34-14-6-13-30-25(32)21(36-26(30)35)15-20-22(27-16-18-8-10-19(33-3)11-9-18)28-23-17(2)7-5-12-29(23)24(20)31/h5,7-12,15,27H,4,6,13-14,16H2,1-3H3. The van der Waals surface area contributed by atoms with E-state index in [1.54, 1.807) is 30.3 Å². The number of ether oxygens (including phenoxy) is 2. The molecule has 0 atom stereocenters. The van der Waals surface area contributed by atoms with Crippen LogP contribution in [0, 0.1) is 6.92 Å². The summed E-state index contributed by atoms with van der Waals surface area (Å²) < 4.78 is 12.6. The van der Waals surface area contributed by atoms with Crippen molar-refractivity contribution in [2.75, 3.05) is 32.2 Å². The van der Waals surface area contributed by atoms with Crippen molar-refractivity contribution in [3.05, 3.63) is 74.5 Å². The molecule has 3 aromatic rings. The first-order chi connectivity index (χ1) is 17.4. The normalized spacial score (nSPS) is 14.8. The molecule has 188 valence electrons. The van der Waals surface area contributed by atoms with Gasteiger partial charge in [-0.3, -0.25) is 18.9 Å². The Bertz CT molecular complexity index is 1370. The van der Waals surface area contributed by atoms with Crippen LogP contribution in [0.1, 0.15) is 30.0 Å². The molecule has 1 aliphatic heterocycles. The number of pyridine rings is 1. The van der Waals surface area contributed by atoms with Crippen LogP contribution in [-0.4, -0.2) is 51.4 Å². The van der Waals surface area contributed by atoms with Crippen LogP contribution in [0.15, 0.2) is 52.3 Å². The highest BCUT2D eigenvalue weighted by atomic mass is 32.2. The number of amides is 1. The average molecular weight is 525 g/mol. The average Bonchev–Trinajstić information content (AvgIpc) is 3.15. The summed E-state index contributed by atoms with van der Waals surface area (Å²) in [5.41, 5.74) is 2.47. The Kier molecular flexibility index (Phi) is 8.40. The van der Waals surface area contributed by atoms with Crippen LogP contribution < -0.4 is 15.6 Å². The summed E-state index contributed by atoms with van der Waals surface area (Å²) in [5, 5.41) is 3.29. The quantitative estimate of drug-likeness (QED) is 0.239. The molecular weight excluding hydrogens is 496 g/mol. The lowest BCUT2D eigenvalue weighted by molar-refractivity contribution is -0.122. The van der Waals surface area contributed by atoms with Gasteiger partial charge in [-0.05, 0) is 55.7 Å². The van der Waals surface area contributed by atoms with Crippen molar-refractivity contribution >= 4 is 51.7 Å². The Balaban J connectivity index is 1.68. The zero-order valence-electron chi connectivity index (χ0n) is 20.4. The lowest BCUT2D eigenvalue weighted by atomic mass is 10.2. The number of hydrogen-bond donors (Lipinski definition) is 1. The van der Waals surface area contributed by atoms with Crippen molar-refractivity contribution in [3.63, 3.8) is 0 Å². The Hall–Kier alpha value is -3.21. The molecular formula is C26H28N4O4S2. The Morgan fingerprint density at radius 2 is 1.97 bits per heavy atom. The number of hydrogen-bond acceptors (Lipinski definition) is 8. The van der Waals surface area contributed by atoms with Gasteiger partial charge in [0.25, 0.3) is 11.5 Å². The van der Waals surface area contributed by atoms with Gasteiger partial charge < -0.3 is 14.8 Å². The van der Waals surface area contributed by atoms with Gasteiger partial charge in [0.15, 0.2) is 0 Å². The largest absolute Gasteiger partial charge is 0.497 e. The molecule has 0 bridgehead atoms. The lowest BCUT2D eigenvalue weighted by Gasteiger charge is -2.14. The van der Waals surface area contributed by atoms with Crippen molar-refractivity contribution in [2.45, 2.75) is 26.8 Å². The number of fused-ring (bicyclic) bond motifs is 1. The summed E-state index contributed by atoms with van der Waals surface area (Å²) in [6.07, 6.45) is 3.96. The number of thioether (sulfide) groups is 1. The van der Waals surface area contributed by atoms with Crippen molar-refractivity contribution in [1.29, 1.82) is 0 Å². The lowest BCUT2D eigenvalue weighted by Crippen LogP contribution is -2.29. The fraction of sp³-hybridized carbons (Fsp3) is 0.308. The minimum atomic E-state index is -0.262. The van der Waals surface area contributed by atoms with Crippen LogP contribution in [-0.2, 0) is 16.1 Å². The highest BCUT2D eigenvalue weighted by Crippen LogP contribution is 2.33. The summed E-state index contributed by atoms with van der Waals surface area (Å²) >= 11 is 6.64. The zero-order chi connectivity index (χ0) is 25.7. The summed E-state index contributed by atoms with van der Waals surface area (Å²) in [4.78, 5) is 33.4. The van der Waals surface area contributed by atoms with Crippen LogP contribution in [0.3, 0.4) is 0 Å². The second-order valence-corrected chi connectivity index (χ2v) is 9.83. The molecule has 1 saturated heterocycles. The topological polar surface area (TPSA) is 85.2 Å². The van der Waals surface area contributed by atoms with Gasteiger partial charge in [-0.2, -0.15) is 0 Å². The van der Waals surface area contributed by atoms with Crippen LogP contribution in [0.2, 0.25) is 0 Å². The number of thiocarbonyl (C=S) groups is 1. The predicted molar refractivity (Wildman–Crippen MR) is 148 cm³/mol.